The van der Waals surface area contributed by atoms with Gasteiger partial charge in [-0.25, -0.2) is 4.39 Å². The van der Waals surface area contributed by atoms with Gasteiger partial charge in [0.2, 0.25) is 0 Å². The molecule has 2 aliphatic rings. The quantitative estimate of drug-likeness (QED) is 0.897. The first-order valence-corrected chi connectivity index (χ1v) is 6.43. The number of hydrogen-bond acceptors (Lipinski definition) is 3. The molecule has 0 aromatic heterocycles. The summed E-state index contributed by atoms with van der Waals surface area (Å²) in [4.78, 5) is 0. The topological polar surface area (TPSA) is 44.5 Å². The summed E-state index contributed by atoms with van der Waals surface area (Å²) in [5, 5.41) is 0. The third-order valence-electron chi connectivity index (χ3n) is 3.67. The fourth-order valence-corrected chi connectivity index (χ4v) is 2.39. The third-order valence-corrected chi connectivity index (χ3v) is 3.67. The van der Waals surface area contributed by atoms with Gasteiger partial charge in [0, 0.05) is 5.54 Å². The highest BCUT2D eigenvalue weighted by Crippen LogP contribution is 2.41. The van der Waals surface area contributed by atoms with Crippen molar-refractivity contribution in [2.24, 2.45) is 5.73 Å². The molecular weight excluding hydrogens is 233 g/mol. The number of nitrogens with two attached hydrogens (primary N) is 1. The fourth-order valence-electron chi connectivity index (χ4n) is 2.39. The monoisotopic (exact) mass is 251 g/mol. The molecule has 1 fully saturated rings. The lowest BCUT2D eigenvalue weighted by molar-refractivity contribution is 0.170. The average molecular weight is 251 g/mol. The van der Waals surface area contributed by atoms with Crippen LogP contribution in [0.4, 0.5) is 4.39 Å². The molecule has 3 rings (SSSR count). The molecule has 18 heavy (non-hydrogen) atoms. The Morgan fingerprint density at radius 3 is 2.44 bits per heavy atom. The molecule has 3 nitrogen and oxygen atoms in total. The van der Waals surface area contributed by atoms with Crippen LogP contribution in [0.3, 0.4) is 0 Å². The molecule has 1 aromatic rings. The van der Waals surface area contributed by atoms with Gasteiger partial charge in [-0.2, -0.15) is 0 Å². The van der Waals surface area contributed by atoms with E-state index in [1.54, 1.807) is 13.0 Å². The van der Waals surface area contributed by atoms with Gasteiger partial charge in [0.05, 0.1) is 0 Å². The maximum Gasteiger partial charge on any atom is 0.161 e. The van der Waals surface area contributed by atoms with Gasteiger partial charge in [0.15, 0.2) is 11.5 Å². The lowest BCUT2D eigenvalue weighted by Crippen LogP contribution is -2.25. The number of rotatable bonds is 3. The van der Waals surface area contributed by atoms with Crippen LogP contribution >= 0.6 is 0 Å². The Morgan fingerprint density at radius 1 is 1.28 bits per heavy atom. The second-order valence-corrected chi connectivity index (χ2v) is 5.35. The Labute approximate surface area is 106 Å². The molecule has 4 heteroatoms. The Kier molecular flexibility index (Phi) is 2.70. The Bertz CT molecular complexity index is 469. The van der Waals surface area contributed by atoms with Gasteiger partial charge < -0.3 is 15.2 Å². The van der Waals surface area contributed by atoms with Crippen LogP contribution in [0.2, 0.25) is 0 Å². The van der Waals surface area contributed by atoms with Crippen molar-refractivity contribution in [2.45, 2.75) is 37.9 Å². The second kappa shape index (κ2) is 4.12. The van der Waals surface area contributed by atoms with E-state index in [2.05, 4.69) is 0 Å². The molecular formula is C14H18FNO2. The fraction of sp³-hybridized carbons (Fsp3) is 0.571. The van der Waals surface area contributed by atoms with Gasteiger partial charge in [-0.3, -0.25) is 0 Å². The van der Waals surface area contributed by atoms with Gasteiger partial charge in [-0.05, 0) is 49.4 Å². The predicted octanol–water partition coefficient (Wildman–Crippen LogP) is 2.52. The number of ether oxygens (including phenoxy) is 2. The predicted molar refractivity (Wildman–Crippen MR) is 66.8 cm³/mol. The third kappa shape index (κ3) is 2.17. The molecule has 98 valence electrons. The Balaban J connectivity index is 1.98. The SMILES string of the molecule is CC(F)c1cc2c(cc1CC1(N)CC1)OCCO2. The van der Waals surface area contributed by atoms with E-state index in [1.165, 1.54) is 0 Å². The van der Waals surface area contributed by atoms with Crippen molar-refractivity contribution in [3.8, 4) is 11.5 Å². The Morgan fingerprint density at radius 2 is 1.89 bits per heavy atom. The van der Waals surface area contributed by atoms with Crippen molar-refractivity contribution >= 4 is 0 Å². The smallest absolute Gasteiger partial charge is 0.161 e. The van der Waals surface area contributed by atoms with Crippen molar-refractivity contribution < 1.29 is 13.9 Å². The van der Waals surface area contributed by atoms with Gasteiger partial charge in [0.1, 0.15) is 19.4 Å². The molecule has 1 aliphatic heterocycles. The van der Waals surface area contributed by atoms with E-state index in [0.717, 1.165) is 18.4 Å². The number of hydrogen-bond donors (Lipinski definition) is 1. The molecule has 2 N–H and O–H groups in total. The lowest BCUT2D eigenvalue weighted by atomic mass is 9.96. The van der Waals surface area contributed by atoms with E-state index >= 15 is 0 Å². The van der Waals surface area contributed by atoms with Crippen LogP contribution in [-0.2, 0) is 6.42 Å². The normalized spacial score (nSPS) is 21.5. The number of fused-ring (bicyclic) bond motifs is 1. The summed E-state index contributed by atoms with van der Waals surface area (Å²) in [7, 11) is 0. The standard InChI is InChI=1S/C14H18FNO2/c1-9(15)11-7-13-12(17-4-5-18-13)6-10(11)8-14(16)2-3-14/h6-7,9H,2-5,8,16H2,1H3. The van der Waals surface area contributed by atoms with Crippen LogP contribution in [-0.4, -0.2) is 18.8 Å². The average Bonchev–Trinajstić information content (AvgIpc) is 3.05. The van der Waals surface area contributed by atoms with E-state index in [9.17, 15) is 4.39 Å². The van der Waals surface area contributed by atoms with Gasteiger partial charge in [-0.1, -0.05) is 0 Å². The minimum atomic E-state index is -1.02. The largest absolute Gasteiger partial charge is 0.486 e. The van der Waals surface area contributed by atoms with E-state index in [-0.39, 0.29) is 5.54 Å². The van der Waals surface area contributed by atoms with Crippen LogP contribution in [0, 0.1) is 0 Å². The molecule has 1 aliphatic carbocycles. The van der Waals surface area contributed by atoms with Gasteiger partial charge in [-0.15, -0.1) is 0 Å². The maximum absolute atomic E-state index is 13.7. The van der Waals surface area contributed by atoms with Crippen LogP contribution < -0.4 is 15.2 Å². The molecule has 1 heterocycles. The van der Waals surface area contributed by atoms with E-state index < -0.39 is 6.17 Å². The van der Waals surface area contributed by atoms with E-state index in [0.29, 0.717) is 36.7 Å². The first kappa shape index (κ1) is 11.8. The van der Waals surface area contributed by atoms with Crippen LogP contribution in [0.25, 0.3) is 0 Å². The number of alkyl halides is 1. The van der Waals surface area contributed by atoms with Crippen molar-refractivity contribution in [3.05, 3.63) is 23.3 Å². The zero-order chi connectivity index (χ0) is 12.8. The molecule has 0 radical (unpaired) electrons. The van der Waals surface area contributed by atoms with Gasteiger partial charge in [0.25, 0.3) is 0 Å². The van der Waals surface area contributed by atoms with Crippen LogP contribution in [0.15, 0.2) is 12.1 Å². The zero-order valence-electron chi connectivity index (χ0n) is 10.5. The summed E-state index contributed by atoms with van der Waals surface area (Å²) < 4.78 is 24.8. The molecule has 0 spiro atoms. The number of benzene rings is 1. The molecule has 0 bridgehead atoms. The summed E-state index contributed by atoms with van der Waals surface area (Å²) in [6, 6.07) is 3.66. The van der Waals surface area contributed by atoms with Crippen molar-refractivity contribution in [2.75, 3.05) is 13.2 Å². The maximum atomic E-state index is 13.7. The van der Waals surface area contributed by atoms with E-state index in [4.69, 9.17) is 15.2 Å². The Hall–Kier alpha value is -1.29. The minimum Gasteiger partial charge on any atom is -0.486 e. The first-order chi connectivity index (χ1) is 8.57. The highest BCUT2D eigenvalue weighted by molar-refractivity contribution is 5.49. The zero-order valence-corrected chi connectivity index (χ0v) is 10.5. The molecule has 1 aromatic carbocycles. The highest BCUT2D eigenvalue weighted by Gasteiger charge is 2.39. The molecule has 1 atom stereocenters. The minimum absolute atomic E-state index is 0.132. The second-order valence-electron chi connectivity index (χ2n) is 5.35. The van der Waals surface area contributed by atoms with Crippen LogP contribution in [0.1, 0.15) is 37.1 Å². The van der Waals surface area contributed by atoms with Crippen molar-refractivity contribution in [1.82, 2.24) is 0 Å². The summed E-state index contributed by atoms with van der Waals surface area (Å²) in [6.45, 7) is 2.61. The van der Waals surface area contributed by atoms with Gasteiger partial charge >= 0.3 is 0 Å². The summed E-state index contributed by atoms with van der Waals surface area (Å²) in [5.74, 6) is 1.36. The van der Waals surface area contributed by atoms with Crippen molar-refractivity contribution in [3.63, 3.8) is 0 Å². The summed E-state index contributed by atoms with van der Waals surface area (Å²) in [6.07, 6.45) is 1.73. The lowest BCUT2D eigenvalue weighted by Gasteiger charge is -2.22. The molecule has 0 saturated heterocycles. The number of halogens is 1. The molecule has 0 amide bonds. The highest BCUT2D eigenvalue weighted by atomic mass is 19.1. The van der Waals surface area contributed by atoms with E-state index in [1.807, 2.05) is 6.07 Å². The van der Waals surface area contributed by atoms with Crippen LogP contribution in [0.5, 0.6) is 11.5 Å². The molecule has 1 unspecified atom stereocenters. The summed E-state index contributed by atoms with van der Waals surface area (Å²) >= 11 is 0. The van der Waals surface area contributed by atoms with Crippen molar-refractivity contribution in [1.29, 1.82) is 0 Å². The summed E-state index contributed by atoms with van der Waals surface area (Å²) in [5.41, 5.74) is 7.63. The molecule has 1 saturated carbocycles. The first-order valence-electron chi connectivity index (χ1n) is 6.43.